The molecule has 0 unspecified atom stereocenters. The molecule has 0 radical (unpaired) electrons. The number of aliphatic hydroxyl groups is 3. The second kappa shape index (κ2) is 4.96. The Labute approximate surface area is 122 Å². The van der Waals surface area contributed by atoms with E-state index in [2.05, 4.69) is 13.8 Å². The molecule has 7 atom stereocenters. The van der Waals surface area contributed by atoms with E-state index in [1.165, 1.54) is 0 Å². The third-order valence-corrected chi connectivity index (χ3v) is 7.42. The zero-order valence-electron chi connectivity index (χ0n) is 12.9. The fourth-order valence-corrected chi connectivity index (χ4v) is 6.00. The average molecular weight is 282 g/mol. The summed E-state index contributed by atoms with van der Waals surface area (Å²) in [6, 6.07) is 0. The van der Waals surface area contributed by atoms with Gasteiger partial charge in [0, 0.05) is 6.61 Å². The first-order chi connectivity index (χ1) is 9.43. The van der Waals surface area contributed by atoms with Crippen LogP contribution in [0.1, 0.15) is 58.8 Å². The van der Waals surface area contributed by atoms with Crippen molar-refractivity contribution in [1.82, 2.24) is 0 Å². The first kappa shape index (κ1) is 14.8. The van der Waals surface area contributed by atoms with Crippen LogP contribution in [0.15, 0.2) is 0 Å². The second-order valence-electron chi connectivity index (χ2n) is 8.09. The van der Waals surface area contributed by atoms with E-state index in [0.29, 0.717) is 24.2 Å². The largest absolute Gasteiger partial charge is 0.396 e. The summed E-state index contributed by atoms with van der Waals surface area (Å²) in [6.07, 6.45) is 6.53. The topological polar surface area (TPSA) is 60.7 Å². The molecule has 0 aliphatic heterocycles. The first-order valence-electron chi connectivity index (χ1n) is 8.40. The van der Waals surface area contributed by atoms with Gasteiger partial charge in [-0.3, -0.25) is 0 Å². The molecule has 3 saturated carbocycles. The quantitative estimate of drug-likeness (QED) is 0.728. The van der Waals surface area contributed by atoms with Gasteiger partial charge in [-0.25, -0.2) is 0 Å². The number of aliphatic hydroxyl groups excluding tert-OH is 3. The van der Waals surface area contributed by atoms with Gasteiger partial charge in [-0.2, -0.15) is 0 Å². The predicted molar refractivity (Wildman–Crippen MR) is 78.1 cm³/mol. The fourth-order valence-electron chi connectivity index (χ4n) is 6.00. The highest BCUT2D eigenvalue weighted by molar-refractivity contribution is 5.08. The Balaban J connectivity index is 1.89. The summed E-state index contributed by atoms with van der Waals surface area (Å²) in [5, 5.41) is 30.3. The Morgan fingerprint density at radius 3 is 2.30 bits per heavy atom. The molecule has 0 aromatic heterocycles. The van der Waals surface area contributed by atoms with E-state index in [-0.39, 0.29) is 29.6 Å². The van der Waals surface area contributed by atoms with Crippen molar-refractivity contribution >= 4 is 0 Å². The molecule has 3 N–H and O–H groups in total. The molecule has 0 saturated heterocycles. The van der Waals surface area contributed by atoms with Crippen molar-refractivity contribution in [2.75, 3.05) is 6.61 Å². The van der Waals surface area contributed by atoms with Crippen LogP contribution in [0.5, 0.6) is 0 Å². The maximum atomic E-state index is 10.5. The highest BCUT2D eigenvalue weighted by atomic mass is 16.3. The van der Waals surface area contributed by atoms with Gasteiger partial charge in [0.15, 0.2) is 0 Å². The lowest BCUT2D eigenvalue weighted by Crippen LogP contribution is -2.54. The van der Waals surface area contributed by atoms with Crippen LogP contribution >= 0.6 is 0 Å². The van der Waals surface area contributed by atoms with Crippen LogP contribution in [0, 0.1) is 28.6 Å². The van der Waals surface area contributed by atoms with E-state index >= 15 is 0 Å². The molecule has 3 aliphatic rings. The molecular formula is C17H30O3. The van der Waals surface area contributed by atoms with Gasteiger partial charge in [0.25, 0.3) is 0 Å². The van der Waals surface area contributed by atoms with E-state index in [9.17, 15) is 15.3 Å². The van der Waals surface area contributed by atoms with E-state index in [4.69, 9.17) is 0 Å². The highest BCUT2D eigenvalue weighted by Crippen LogP contribution is 2.63. The summed E-state index contributed by atoms with van der Waals surface area (Å²) in [5.41, 5.74) is -0.0316. The van der Waals surface area contributed by atoms with Crippen LogP contribution in [0.2, 0.25) is 0 Å². The highest BCUT2D eigenvalue weighted by Gasteiger charge is 2.59. The summed E-state index contributed by atoms with van der Waals surface area (Å²) < 4.78 is 0. The molecule has 0 aromatic rings. The van der Waals surface area contributed by atoms with Gasteiger partial charge in [-0.15, -0.1) is 0 Å². The van der Waals surface area contributed by atoms with E-state index in [1.807, 2.05) is 0 Å². The van der Waals surface area contributed by atoms with E-state index in [1.54, 1.807) is 0 Å². The lowest BCUT2D eigenvalue weighted by molar-refractivity contribution is -0.140. The first-order valence-corrected chi connectivity index (χ1v) is 8.40. The Hall–Kier alpha value is -0.120. The molecular weight excluding hydrogens is 252 g/mol. The van der Waals surface area contributed by atoms with Gasteiger partial charge in [0.05, 0.1) is 12.2 Å². The zero-order valence-corrected chi connectivity index (χ0v) is 12.9. The molecule has 0 amide bonds. The Bertz CT molecular complexity index is 371. The average Bonchev–Trinajstić information content (AvgIpc) is 2.71. The molecule has 0 heterocycles. The minimum Gasteiger partial charge on any atom is -0.396 e. The van der Waals surface area contributed by atoms with Gasteiger partial charge in [-0.1, -0.05) is 13.8 Å². The maximum absolute atomic E-state index is 10.5. The van der Waals surface area contributed by atoms with Crippen molar-refractivity contribution < 1.29 is 15.3 Å². The van der Waals surface area contributed by atoms with Gasteiger partial charge in [-0.05, 0) is 73.5 Å². The normalized spacial score (nSPS) is 55.4. The third kappa shape index (κ3) is 1.89. The predicted octanol–water partition coefficient (Wildman–Crippen LogP) is 2.33. The van der Waals surface area contributed by atoms with Crippen LogP contribution in [-0.4, -0.2) is 34.1 Å². The van der Waals surface area contributed by atoms with E-state index < -0.39 is 0 Å². The van der Waals surface area contributed by atoms with Gasteiger partial charge in [0.1, 0.15) is 0 Å². The molecule has 116 valence electrons. The number of hydrogen-bond donors (Lipinski definition) is 3. The summed E-state index contributed by atoms with van der Waals surface area (Å²) in [7, 11) is 0. The van der Waals surface area contributed by atoms with Gasteiger partial charge < -0.3 is 15.3 Å². The van der Waals surface area contributed by atoms with Gasteiger partial charge >= 0.3 is 0 Å². The molecule has 3 heteroatoms. The standard InChI is InChI=1S/C17H30O3/c1-16-8-7-13-11(12(16)4-6-15(16)20)3-5-14(19)17(13,2)9-10-18/h11-15,18-20H,3-10H2,1-2H3/t11-,12+,13-,14+,15-,16-,17+/m0/s1. The molecule has 0 aromatic carbocycles. The van der Waals surface area contributed by atoms with Crippen molar-refractivity contribution in [3.63, 3.8) is 0 Å². The summed E-state index contributed by atoms with van der Waals surface area (Å²) in [6.45, 7) is 4.63. The Kier molecular flexibility index (Phi) is 3.67. The number of rotatable bonds is 2. The van der Waals surface area contributed by atoms with Gasteiger partial charge in [0.2, 0.25) is 0 Å². The lowest BCUT2D eigenvalue weighted by atomic mass is 9.49. The summed E-state index contributed by atoms with van der Waals surface area (Å²) in [5.74, 6) is 1.76. The minimum atomic E-state index is -0.272. The summed E-state index contributed by atoms with van der Waals surface area (Å²) >= 11 is 0. The van der Waals surface area contributed by atoms with Crippen molar-refractivity contribution in [2.45, 2.75) is 71.0 Å². The third-order valence-electron chi connectivity index (χ3n) is 7.42. The van der Waals surface area contributed by atoms with Crippen LogP contribution < -0.4 is 0 Å². The summed E-state index contributed by atoms with van der Waals surface area (Å²) in [4.78, 5) is 0. The van der Waals surface area contributed by atoms with Crippen molar-refractivity contribution in [3.8, 4) is 0 Å². The number of hydrogen-bond acceptors (Lipinski definition) is 3. The Morgan fingerprint density at radius 1 is 0.900 bits per heavy atom. The van der Waals surface area contributed by atoms with Crippen molar-refractivity contribution in [1.29, 1.82) is 0 Å². The van der Waals surface area contributed by atoms with Crippen LogP contribution in [-0.2, 0) is 0 Å². The van der Waals surface area contributed by atoms with Crippen molar-refractivity contribution in [2.24, 2.45) is 28.6 Å². The fraction of sp³-hybridized carbons (Fsp3) is 1.00. The minimum absolute atomic E-state index is 0.101. The molecule has 3 rings (SSSR count). The molecule has 3 nitrogen and oxygen atoms in total. The lowest BCUT2D eigenvalue weighted by Gasteiger charge is -2.57. The smallest absolute Gasteiger partial charge is 0.0597 e. The molecule has 20 heavy (non-hydrogen) atoms. The molecule has 0 spiro atoms. The second-order valence-corrected chi connectivity index (χ2v) is 8.09. The number of fused-ring (bicyclic) bond motifs is 3. The van der Waals surface area contributed by atoms with Crippen LogP contribution in [0.4, 0.5) is 0 Å². The SMILES string of the molecule is C[C@]12CC[C@H]3[C@@H](CC[C@@H](O)[C@]3(C)CCO)[C@H]1CC[C@@H]2O. The molecule has 3 fully saturated rings. The van der Waals surface area contributed by atoms with Crippen molar-refractivity contribution in [3.05, 3.63) is 0 Å². The van der Waals surface area contributed by atoms with Crippen LogP contribution in [0.3, 0.4) is 0 Å². The zero-order chi connectivity index (χ0) is 14.5. The Morgan fingerprint density at radius 2 is 1.60 bits per heavy atom. The molecule has 3 aliphatic carbocycles. The van der Waals surface area contributed by atoms with E-state index in [0.717, 1.165) is 38.5 Å². The van der Waals surface area contributed by atoms with Crippen LogP contribution in [0.25, 0.3) is 0 Å². The monoisotopic (exact) mass is 282 g/mol. The molecule has 0 bridgehead atoms. The maximum Gasteiger partial charge on any atom is 0.0597 e.